The molecule has 0 atom stereocenters. The van der Waals surface area contributed by atoms with E-state index in [1.807, 2.05) is 6.07 Å². The number of nitrogens with zero attached hydrogens (tertiary/aromatic N) is 4. The molecular formula is C19H25N5O2. The van der Waals surface area contributed by atoms with Crippen molar-refractivity contribution in [3.05, 3.63) is 36.2 Å². The van der Waals surface area contributed by atoms with Crippen molar-refractivity contribution in [2.24, 2.45) is 0 Å². The zero-order chi connectivity index (χ0) is 17.8. The predicted molar refractivity (Wildman–Crippen MR) is 96.3 cm³/mol. The summed E-state index contributed by atoms with van der Waals surface area (Å²) in [6.45, 7) is 1.47. The van der Waals surface area contributed by atoms with Crippen molar-refractivity contribution < 1.29 is 9.53 Å². The molecule has 26 heavy (non-hydrogen) atoms. The fraction of sp³-hybridized carbons (Fsp3) is 0.579. The summed E-state index contributed by atoms with van der Waals surface area (Å²) < 4.78 is 7.21. The van der Waals surface area contributed by atoms with Gasteiger partial charge in [0.15, 0.2) is 0 Å². The van der Waals surface area contributed by atoms with Gasteiger partial charge in [-0.25, -0.2) is 15.0 Å². The Bertz CT molecular complexity index is 734. The van der Waals surface area contributed by atoms with Crippen LogP contribution in [0, 0.1) is 0 Å². The fourth-order valence-electron chi connectivity index (χ4n) is 3.77. The Morgan fingerprint density at radius 3 is 2.65 bits per heavy atom. The monoisotopic (exact) mass is 355 g/mol. The van der Waals surface area contributed by atoms with Crippen LogP contribution in [0.1, 0.15) is 67.0 Å². The molecule has 0 bridgehead atoms. The van der Waals surface area contributed by atoms with Gasteiger partial charge in [-0.3, -0.25) is 9.36 Å². The summed E-state index contributed by atoms with van der Waals surface area (Å²) in [5.41, 5.74) is 1.36. The Morgan fingerprint density at radius 1 is 1.12 bits per heavy atom. The molecule has 1 amide bonds. The second-order valence-corrected chi connectivity index (χ2v) is 7.14. The number of rotatable bonds is 4. The highest BCUT2D eigenvalue weighted by Gasteiger charge is 2.23. The molecule has 7 nitrogen and oxygen atoms in total. The van der Waals surface area contributed by atoms with E-state index in [0.717, 1.165) is 44.6 Å². The lowest BCUT2D eigenvalue weighted by Crippen LogP contribution is -2.37. The van der Waals surface area contributed by atoms with E-state index < -0.39 is 0 Å². The summed E-state index contributed by atoms with van der Waals surface area (Å²) in [6, 6.07) is 2.11. The van der Waals surface area contributed by atoms with E-state index in [-0.39, 0.29) is 11.9 Å². The minimum Gasteiger partial charge on any atom is -0.381 e. The zero-order valence-electron chi connectivity index (χ0n) is 14.9. The maximum absolute atomic E-state index is 12.8. The summed E-state index contributed by atoms with van der Waals surface area (Å²) in [5.74, 6) is 0.699. The molecule has 1 saturated heterocycles. The van der Waals surface area contributed by atoms with Gasteiger partial charge in [0.25, 0.3) is 5.91 Å². The third-order valence-corrected chi connectivity index (χ3v) is 5.28. The highest BCUT2D eigenvalue weighted by Crippen LogP contribution is 2.26. The van der Waals surface area contributed by atoms with E-state index in [0.29, 0.717) is 17.6 Å². The van der Waals surface area contributed by atoms with Crippen molar-refractivity contribution in [3.8, 4) is 5.95 Å². The van der Waals surface area contributed by atoms with Crippen LogP contribution in [-0.2, 0) is 4.74 Å². The molecule has 2 aromatic heterocycles. The van der Waals surface area contributed by atoms with Crippen molar-refractivity contribution in [3.63, 3.8) is 0 Å². The summed E-state index contributed by atoms with van der Waals surface area (Å²) in [4.78, 5) is 26.1. The Balaban J connectivity index is 1.61. The zero-order valence-corrected chi connectivity index (χ0v) is 14.9. The molecule has 0 radical (unpaired) electrons. The van der Waals surface area contributed by atoms with E-state index in [9.17, 15) is 4.79 Å². The minimum absolute atomic E-state index is 0.103. The molecule has 1 aliphatic carbocycles. The molecule has 3 heterocycles. The van der Waals surface area contributed by atoms with Crippen LogP contribution < -0.4 is 5.32 Å². The summed E-state index contributed by atoms with van der Waals surface area (Å²) in [5, 5.41) is 3.16. The van der Waals surface area contributed by atoms with Crippen LogP contribution in [-0.4, -0.2) is 44.7 Å². The van der Waals surface area contributed by atoms with E-state index in [4.69, 9.17) is 9.72 Å². The molecule has 7 heteroatoms. The number of carbonyl (C=O) groups is 1. The molecule has 2 fully saturated rings. The van der Waals surface area contributed by atoms with Crippen LogP contribution in [0.15, 0.2) is 24.8 Å². The van der Waals surface area contributed by atoms with Crippen molar-refractivity contribution in [2.45, 2.75) is 56.9 Å². The first-order valence-corrected chi connectivity index (χ1v) is 9.55. The molecule has 2 aliphatic rings. The largest absolute Gasteiger partial charge is 0.381 e. The molecule has 4 rings (SSSR count). The summed E-state index contributed by atoms with van der Waals surface area (Å²) >= 11 is 0. The van der Waals surface area contributed by atoms with Gasteiger partial charge in [0.2, 0.25) is 5.95 Å². The fourth-order valence-corrected chi connectivity index (χ4v) is 3.77. The van der Waals surface area contributed by atoms with Crippen molar-refractivity contribution in [1.29, 1.82) is 0 Å². The van der Waals surface area contributed by atoms with Gasteiger partial charge in [-0.05, 0) is 31.7 Å². The van der Waals surface area contributed by atoms with Gasteiger partial charge < -0.3 is 10.1 Å². The Hall–Kier alpha value is -2.28. The van der Waals surface area contributed by atoms with Gasteiger partial charge in [0.05, 0.1) is 5.69 Å². The maximum Gasteiger partial charge on any atom is 0.270 e. The summed E-state index contributed by atoms with van der Waals surface area (Å²) in [6.07, 6.45) is 12.7. The molecule has 138 valence electrons. The molecule has 0 unspecified atom stereocenters. The van der Waals surface area contributed by atoms with Crippen LogP contribution in [0.5, 0.6) is 0 Å². The number of nitrogens with one attached hydrogen (secondary N) is 1. The average Bonchev–Trinajstić information content (AvgIpc) is 3.24. The predicted octanol–water partition coefficient (Wildman–Crippen LogP) is 2.62. The lowest BCUT2D eigenvalue weighted by Gasteiger charge is -2.24. The van der Waals surface area contributed by atoms with Crippen LogP contribution in [0.25, 0.3) is 5.95 Å². The molecule has 0 spiro atoms. The van der Waals surface area contributed by atoms with Gasteiger partial charge in [0.1, 0.15) is 12.0 Å². The van der Waals surface area contributed by atoms with E-state index in [2.05, 4.69) is 15.3 Å². The van der Waals surface area contributed by atoms with Gasteiger partial charge >= 0.3 is 0 Å². The SMILES string of the molecule is O=C(NC1CCCCC1)c1cc(C2CCOCC2)nc(-n2ccnc2)n1. The quantitative estimate of drug-likeness (QED) is 0.912. The first kappa shape index (κ1) is 17.1. The lowest BCUT2D eigenvalue weighted by atomic mass is 9.95. The third kappa shape index (κ3) is 3.93. The normalized spacial score (nSPS) is 19.4. The number of carbonyl (C=O) groups excluding carboxylic acids is 1. The number of imidazole rings is 1. The first-order chi connectivity index (χ1) is 12.8. The smallest absolute Gasteiger partial charge is 0.270 e. The van der Waals surface area contributed by atoms with Crippen molar-refractivity contribution in [1.82, 2.24) is 24.8 Å². The summed E-state index contributed by atoms with van der Waals surface area (Å²) in [7, 11) is 0. The van der Waals surface area contributed by atoms with Crippen LogP contribution in [0.2, 0.25) is 0 Å². The molecule has 0 aromatic carbocycles. The Morgan fingerprint density at radius 2 is 1.92 bits per heavy atom. The van der Waals surface area contributed by atoms with Crippen molar-refractivity contribution in [2.75, 3.05) is 13.2 Å². The van der Waals surface area contributed by atoms with Crippen LogP contribution in [0.4, 0.5) is 0 Å². The van der Waals surface area contributed by atoms with Gasteiger partial charge in [-0.1, -0.05) is 19.3 Å². The lowest BCUT2D eigenvalue weighted by molar-refractivity contribution is 0.0843. The van der Waals surface area contributed by atoms with Crippen molar-refractivity contribution >= 4 is 5.91 Å². The average molecular weight is 355 g/mol. The number of ether oxygens (including phenoxy) is 1. The number of aromatic nitrogens is 4. The van der Waals surface area contributed by atoms with E-state index in [1.165, 1.54) is 19.3 Å². The maximum atomic E-state index is 12.8. The molecular weight excluding hydrogens is 330 g/mol. The standard InChI is InChI=1S/C19H25N5O2/c25-18(21-15-4-2-1-3-5-15)17-12-16(14-6-10-26-11-7-14)22-19(23-17)24-9-8-20-13-24/h8-9,12-15H,1-7,10-11H2,(H,21,25). The van der Waals surface area contributed by atoms with E-state index in [1.54, 1.807) is 23.3 Å². The second-order valence-electron chi connectivity index (χ2n) is 7.14. The minimum atomic E-state index is -0.103. The molecule has 1 saturated carbocycles. The number of hydrogen-bond donors (Lipinski definition) is 1. The topological polar surface area (TPSA) is 81.9 Å². The van der Waals surface area contributed by atoms with Gasteiger partial charge in [-0.15, -0.1) is 0 Å². The highest BCUT2D eigenvalue weighted by molar-refractivity contribution is 5.92. The van der Waals surface area contributed by atoms with E-state index >= 15 is 0 Å². The Labute approximate surface area is 153 Å². The third-order valence-electron chi connectivity index (χ3n) is 5.28. The van der Waals surface area contributed by atoms with Gasteiger partial charge in [0, 0.05) is 37.6 Å². The first-order valence-electron chi connectivity index (χ1n) is 9.55. The van der Waals surface area contributed by atoms with Crippen LogP contribution in [0.3, 0.4) is 0 Å². The number of amides is 1. The molecule has 1 aliphatic heterocycles. The molecule has 1 N–H and O–H groups in total. The van der Waals surface area contributed by atoms with Gasteiger partial charge in [-0.2, -0.15) is 0 Å². The molecule has 2 aromatic rings. The Kier molecular flexibility index (Phi) is 5.24. The number of hydrogen-bond acceptors (Lipinski definition) is 5. The second kappa shape index (κ2) is 7.95. The van der Waals surface area contributed by atoms with Crippen LogP contribution >= 0.6 is 0 Å². The highest BCUT2D eigenvalue weighted by atomic mass is 16.5.